The maximum absolute atomic E-state index is 12.9. The molecule has 0 radical (unpaired) electrons. The first kappa shape index (κ1) is 20.4. The number of rotatable bonds is 6. The zero-order chi connectivity index (χ0) is 22.3. The van der Waals surface area contributed by atoms with E-state index >= 15 is 0 Å². The fraction of sp³-hybridized carbons (Fsp3) is 0.273. The largest absolute Gasteiger partial charge is 0.493 e. The van der Waals surface area contributed by atoms with Crippen LogP contribution >= 0.6 is 0 Å². The van der Waals surface area contributed by atoms with Gasteiger partial charge in [-0.05, 0) is 24.5 Å². The zero-order valence-corrected chi connectivity index (χ0v) is 17.1. The average molecular weight is 424 g/mol. The molecule has 1 N–H and O–H groups in total. The molecule has 2 aromatic rings. The van der Waals surface area contributed by atoms with Crippen LogP contribution in [-0.4, -0.2) is 43.0 Å². The molecule has 0 spiro atoms. The second-order valence-electron chi connectivity index (χ2n) is 7.39. The number of imide groups is 1. The first-order chi connectivity index (χ1) is 14.8. The first-order valence-corrected chi connectivity index (χ1v) is 9.62. The van der Waals surface area contributed by atoms with Gasteiger partial charge in [0.15, 0.2) is 11.5 Å². The molecule has 4 rings (SSSR count). The number of methoxy groups -OCH3 is 2. The SMILES string of the molecule is COc1cc(NC(=O)C2CC2C)c(C(=O)ON2C(=O)c3ccccc3C2=O)cc1OC. The fourth-order valence-corrected chi connectivity index (χ4v) is 3.45. The van der Waals surface area contributed by atoms with Gasteiger partial charge in [0.25, 0.3) is 11.8 Å². The van der Waals surface area contributed by atoms with Gasteiger partial charge in [-0.15, -0.1) is 0 Å². The van der Waals surface area contributed by atoms with Crippen molar-refractivity contribution in [3.05, 3.63) is 53.1 Å². The van der Waals surface area contributed by atoms with Crippen LogP contribution < -0.4 is 14.8 Å². The molecule has 9 nitrogen and oxygen atoms in total. The molecule has 31 heavy (non-hydrogen) atoms. The Hall–Kier alpha value is -3.88. The molecule has 2 atom stereocenters. The van der Waals surface area contributed by atoms with Crippen molar-refractivity contribution in [2.45, 2.75) is 13.3 Å². The third-order valence-electron chi connectivity index (χ3n) is 5.38. The second kappa shape index (κ2) is 7.75. The summed E-state index contributed by atoms with van der Waals surface area (Å²) >= 11 is 0. The summed E-state index contributed by atoms with van der Waals surface area (Å²) in [5.41, 5.74) is 0.326. The number of amides is 3. The van der Waals surface area contributed by atoms with E-state index in [4.69, 9.17) is 14.3 Å². The van der Waals surface area contributed by atoms with E-state index in [1.165, 1.54) is 38.5 Å². The minimum absolute atomic E-state index is 0.0872. The Bertz CT molecular complexity index is 1080. The molecular formula is C22H20N2O7. The third-order valence-corrected chi connectivity index (χ3v) is 5.38. The van der Waals surface area contributed by atoms with E-state index in [9.17, 15) is 19.2 Å². The summed E-state index contributed by atoms with van der Waals surface area (Å²) in [6.07, 6.45) is 0.758. The molecule has 0 bridgehead atoms. The van der Waals surface area contributed by atoms with Gasteiger partial charge >= 0.3 is 5.97 Å². The summed E-state index contributed by atoms with van der Waals surface area (Å²) in [5.74, 6) is -2.11. The predicted octanol–water partition coefficient (Wildman–Crippen LogP) is 2.67. The van der Waals surface area contributed by atoms with Gasteiger partial charge in [0, 0.05) is 18.1 Å². The Morgan fingerprint density at radius 2 is 1.55 bits per heavy atom. The summed E-state index contributed by atoms with van der Waals surface area (Å²) in [6, 6.07) is 8.92. The molecule has 2 aromatic carbocycles. The van der Waals surface area contributed by atoms with Crippen LogP contribution in [0.4, 0.5) is 5.69 Å². The Morgan fingerprint density at radius 1 is 1.00 bits per heavy atom. The molecule has 1 heterocycles. The van der Waals surface area contributed by atoms with Crippen LogP contribution in [0.1, 0.15) is 44.4 Å². The highest BCUT2D eigenvalue weighted by atomic mass is 16.7. The topological polar surface area (TPSA) is 111 Å². The molecule has 9 heteroatoms. The van der Waals surface area contributed by atoms with Gasteiger partial charge in [-0.3, -0.25) is 14.4 Å². The van der Waals surface area contributed by atoms with Gasteiger partial charge in [0.2, 0.25) is 5.91 Å². The van der Waals surface area contributed by atoms with Crippen molar-refractivity contribution in [3.63, 3.8) is 0 Å². The minimum atomic E-state index is -1.00. The maximum Gasteiger partial charge on any atom is 0.366 e. The third kappa shape index (κ3) is 3.58. The minimum Gasteiger partial charge on any atom is -0.493 e. The van der Waals surface area contributed by atoms with Gasteiger partial charge in [0.1, 0.15) is 0 Å². The number of benzene rings is 2. The van der Waals surface area contributed by atoms with Crippen LogP contribution in [0.5, 0.6) is 11.5 Å². The number of ether oxygens (including phenoxy) is 2. The van der Waals surface area contributed by atoms with Crippen LogP contribution in [0, 0.1) is 11.8 Å². The Kier molecular flexibility index (Phi) is 5.10. The molecular weight excluding hydrogens is 404 g/mol. The van der Waals surface area contributed by atoms with Crippen molar-refractivity contribution >= 4 is 29.4 Å². The lowest BCUT2D eigenvalue weighted by Crippen LogP contribution is -2.33. The van der Waals surface area contributed by atoms with Crippen LogP contribution in [0.3, 0.4) is 0 Å². The molecule has 1 aliphatic heterocycles. The number of nitrogens with one attached hydrogen (secondary N) is 1. The molecule has 2 unspecified atom stereocenters. The van der Waals surface area contributed by atoms with E-state index in [-0.39, 0.29) is 45.9 Å². The molecule has 160 valence electrons. The monoisotopic (exact) mass is 424 g/mol. The lowest BCUT2D eigenvalue weighted by molar-refractivity contribution is -0.117. The summed E-state index contributed by atoms with van der Waals surface area (Å²) < 4.78 is 10.5. The van der Waals surface area contributed by atoms with Crippen molar-refractivity contribution in [3.8, 4) is 11.5 Å². The number of anilines is 1. The standard InChI is InChI=1S/C22H20N2O7/c1-11-8-14(11)19(25)23-16-10-18(30-3)17(29-2)9-15(16)22(28)31-24-20(26)12-6-4-5-7-13(12)21(24)27/h4-7,9-11,14H,8H2,1-3H3,(H,23,25). The number of hydroxylamine groups is 2. The van der Waals surface area contributed by atoms with Crippen LogP contribution in [0.2, 0.25) is 0 Å². The van der Waals surface area contributed by atoms with E-state index in [1.54, 1.807) is 12.1 Å². The Balaban J connectivity index is 1.64. The molecule has 0 aromatic heterocycles. The zero-order valence-electron chi connectivity index (χ0n) is 17.1. The summed E-state index contributed by atoms with van der Waals surface area (Å²) in [6.45, 7) is 1.95. The van der Waals surface area contributed by atoms with E-state index in [2.05, 4.69) is 5.32 Å². The number of hydrogen-bond acceptors (Lipinski definition) is 7. The number of nitrogens with zero attached hydrogens (tertiary/aromatic N) is 1. The lowest BCUT2D eigenvalue weighted by atomic mass is 10.1. The highest BCUT2D eigenvalue weighted by Gasteiger charge is 2.41. The Morgan fingerprint density at radius 3 is 2.06 bits per heavy atom. The van der Waals surface area contributed by atoms with Crippen molar-refractivity contribution in [2.24, 2.45) is 11.8 Å². The smallest absolute Gasteiger partial charge is 0.366 e. The van der Waals surface area contributed by atoms with Gasteiger partial charge in [-0.1, -0.05) is 24.1 Å². The van der Waals surface area contributed by atoms with Crippen molar-refractivity contribution in [1.29, 1.82) is 0 Å². The molecule has 1 fully saturated rings. The van der Waals surface area contributed by atoms with Gasteiger partial charge in [-0.2, -0.15) is 0 Å². The lowest BCUT2D eigenvalue weighted by Gasteiger charge is -2.17. The van der Waals surface area contributed by atoms with Crippen LogP contribution in [0.15, 0.2) is 36.4 Å². The first-order valence-electron chi connectivity index (χ1n) is 9.62. The summed E-state index contributed by atoms with van der Waals surface area (Å²) in [5, 5.41) is 3.13. The fourth-order valence-electron chi connectivity index (χ4n) is 3.45. The van der Waals surface area contributed by atoms with Crippen LogP contribution in [-0.2, 0) is 9.63 Å². The van der Waals surface area contributed by atoms with Gasteiger partial charge in [-0.25, -0.2) is 4.79 Å². The molecule has 1 aliphatic carbocycles. The number of hydrogen-bond donors (Lipinski definition) is 1. The number of carbonyl (C=O) groups is 4. The van der Waals surface area contributed by atoms with Crippen molar-refractivity contribution in [1.82, 2.24) is 5.06 Å². The molecule has 3 amide bonds. The van der Waals surface area contributed by atoms with Gasteiger partial charge in [0.05, 0.1) is 36.6 Å². The molecule has 0 saturated heterocycles. The highest BCUT2D eigenvalue weighted by Crippen LogP contribution is 2.40. The predicted molar refractivity (Wildman–Crippen MR) is 108 cm³/mol. The van der Waals surface area contributed by atoms with Crippen LogP contribution in [0.25, 0.3) is 0 Å². The second-order valence-corrected chi connectivity index (χ2v) is 7.39. The molecule has 1 saturated carbocycles. The molecule has 2 aliphatic rings. The maximum atomic E-state index is 12.9. The Labute approximate surface area is 177 Å². The quantitative estimate of drug-likeness (QED) is 0.710. The average Bonchev–Trinajstić information content (AvgIpc) is 3.47. The number of carbonyl (C=O) groups excluding carboxylic acids is 4. The van der Waals surface area contributed by atoms with E-state index in [0.717, 1.165) is 6.42 Å². The summed E-state index contributed by atoms with van der Waals surface area (Å²) in [4.78, 5) is 55.6. The summed E-state index contributed by atoms with van der Waals surface area (Å²) in [7, 11) is 2.81. The number of fused-ring (bicyclic) bond motifs is 1. The highest BCUT2D eigenvalue weighted by molar-refractivity contribution is 6.21. The van der Waals surface area contributed by atoms with E-state index in [1.807, 2.05) is 6.92 Å². The van der Waals surface area contributed by atoms with E-state index < -0.39 is 17.8 Å². The van der Waals surface area contributed by atoms with Gasteiger partial charge < -0.3 is 19.6 Å². The van der Waals surface area contributed by atoms with E-state index in [0.29, 0.717) is 10.8 Å². The normalized spacial score (nSPS) is 19.0. The van der Waals surface area contributed by atoms with Crippen molar-refractivity contribution < 1.29 is 33.5 Å². The van der Waals surface area contributed by atoms with Crippen molar-refractivity contribution in [2.75, 3.05) is 19.5 Å².